The number of pyridine rings is 1. The molecule has 172 valence electrons. The first kappa shape index (κ1) is 22.3. The minimum atomic E-state index is -4.76. The number of hydrogen-bond donors (Lipinski definition) is 2. The van der Waals surface area contributed by atoms with Crippen LogP contribution >= 0.6 is 0 Å². The van der Waals surface area contributed by atoms with E-state index in [9.17, 15) is 23.1 Å². The summed E-state index contributed by atoms with van der Waals surface area (Å²) >= 11 is 0. The number of methoxy groups -OCH3 is 1. The van der Waals surface area contributed by atoms with Crippen molar-refractivity contribution in [2.45, 2.75) is 25.2 Å². The molecular weight excluding hydrogens is 441 g/mol. The Morgan fingerprint density at radius 1 is 1.21 bits per heavy atom. The number of carboxylic acids is 1. The van der Waals surface area contributed by atoms with Crippen LogP contribution in [0.5, 0.6) is 11.5 Å². The summed E-state index contributed by atoms with van der Waals surface area (Å²) < 4.78 is 46.4. The van der Waals surface area contributed by atoms with Gasteiger partial charge in [0.1, 0.15) is 11.5 Å². The van der Waals surface area contributed by atoms with Gasteiger partial charge in [-0.1, -0.05) is 12.1 Å². The van der Waals surface area contributed by atoms with E-state index in [2.05, 4.69) is 25.0 Å². The van der Waals surface area contributed by atoms with E-state index >= 15 is 0 Å². The number of nitrogens with one attached hydrogen (secondary N) is 1. The molecule has 33 heavy (non-hydrogen) atoms. The Morgan fingerprint density at radius 2 is 1.97 bits per heavy atom. The van der Waals surface area contributed by atoms with Crippen LogP contribution in [0.3, 0.4) is 0 Å². The van der Waals surface area contributed by atoms with Crippen molar-refractivity contribution in [1.82, 2.24) is 15.0 Å². The van der Waals surface area contributed by atoms with Gasteiger partial charge in [0, 0.05) is 30.4 Å². The molecule has 2 N–H and O–H groups in total. The number of carbonyl (C=O) groups is 1. The summed E-state index contributed by atoms with van der Waals surface area (Å²) in [6.07, 6.45) is -1.14. The van der Waals surface area contributed by atoms with E-state index in [0.717, 1.165) is 0 Å². The van der Waals surface area contributed by atoms with Crippen LogP contribution in [0, 0.1) is 5.92 Å². The molecule has 0 spiro atoms. The fraction of sp³-hybridized carbons (Fsp3) is 0.273. The summed E-state index contributed by atoms with van der Waals surface area (Å²) in [6.45, 7) is 0.192. The van der Waals surface area contributed by atoms with E-state index in [4.69, 9.17) is 4.74 Å². The van der Waals surface area contributed by atoms with Crippen molar-refractivity contribution in [1.29, 1.82) is 0 Å². The summed E-state index contributed by atoms with van der Waals surface area (Å²) in [5.74, 6) is -1.02. The number of anilines is 1. The third-order valence-electron chi connectivity index (χ3n) is 5.09. The van der Waals surface area contributed by atoms with Crippen LogP contribution in [-0.4, -0.2) is 39.5 Å². The average molecular weight is 460 g/mol. The lowest BCUT2D eigenvalue weighted by atomic mass is 10.1. The van der Waals surface area contributed by atoms with Crippen LogP contribution in [0.25, 0.3) is 11.3 Å². The fourth-order valence-electron chi connectivity index (χ4n) is 3.42. The van der Waals surface area contributed by atoms with Gasteiger partial charge in [-0.2, -0.15) is 0 Å². The number of hydrogen-bond acceptors (Lipinski definition) is 7. The fourth-order valence-corrected chi connectivity index (χ4v) is 3.42. The molecule has 2 atom stereocenters. The molecule has 2 aromatic heterocycles. The zero-order chi connectivity index (χ0) is 23.6. The number of nitrogens with zero attached hydrogens (tertiary/aromatic N) is 3. The lowest BCUT2D eigenvalue weighted by molar-refractivity contribution is -0.274. The normalized spacial score (nSPS) is 17.3. The van der Waals surface area contributed by atoms with E-state index in [1.807, 2.05) is 0 Å². The van der Waals surface area contributed by atoms with Crippen LogP contribution in [0.1, 0.15) is 23.6 Å². The van der Waals surface area contributed by atoms with E-state index in [0.29, 0.717) is 34.7 Å². The molecule has 0 unspecified atom stereocenters. The predicted molar refractivity (Wildman–Crippen MR) is 111 cm³/mol. The number of benzene rings is 1. The monoisotopic (exact) mass is 460 g/mol. The van der Waals surface area contributed by atoms with Gasteiger partial charge in [-0.15, -0.1) is 13.2 Å². The molecule has 11 heteroatoms. The first-order chi connectivity index (χ1) is 15.7. The quantitative estimate of drug-likeness (QED) is 0.514. The highest BCUT2D eigenvalue weighted by Gasteiger charge is 2.46. The SMILES string of the molecule is COc1ccc(-c2cnc(NCc3cccc(OC(F)(F)F)c3)nc2)nc1[C@H]1C[C@@H]1C(=O)O. The first-order valence-electron chi connectivity index (χ1n) is 9.92. The van der Waals surface area contributed by atoms with Crippen LogP contribution in [0.2, 0.25) is 0 Å². The highest BCUT2D eigenvalue weighted by Crippen LogP contribution is 2.50. The minimum Gasteiger partial charge on any atom is -0.495 e. The number of alkyl halides is 3. The number of halogens is 3. The molecule has 0 aliphatic heterocycles. The maximum atomic E-state index is 12.4. The molecule has 1 aromatic carbocycles. The van der Waals surface area contributed by atoms with Crippen LogP contribution in [0.4, 0.5) is 19.1 Å². The van der Waals surface area contributed by atoms with Gasteiger partial charge < -0.3 is 19.9 Å². The topological polar surface area (TPSA) is 106 Å². The maximum Gasteiger partial charge on any atom is 0.573 e. The largest absolute Gasteiger partial charge is 0.573 e. The van der Waals surface area contributed by atoms with Crippen LogP contribution in [-0.2, 0) is 11.3 Å². The van der Waals surface area contributed by atoms with E-state index < -0.39 is 18.2 Å². The Hall–Kier alpha value is -3.89. The molecule has 1 aliphatic rings. The van der Waals surface area contributed by atoms with Gasteiger partial charge in [0.05, 0.1) is 24.4 Å². The minimum absolute atomic E-state index is 0.192. The lowest BCUT2D eigenvalue weighted by Gasteiger charge is -2.11. The van der Waals surface area contributed by atoms with Gasteiger partial charge >= 0.3 is 12.3 Å². The second-order valence-electron chi connectivity index (χ2n) is 7.42. The summed E-state index contributed by atoms with van der Waals surface area (Å²) in [5.41, 5.74) is 2.34. The molecule has 2 heterocycles. The Morgan fingerprint density at radius 3 is 2.61 bits per heavy atom. The maximum absolute atomic E-state index is 12.4. The molecule has 0 bridgehead atoms. The predicted octanol–water partition coefficient (Wildman–Crippen LogP) is 4.25. The summed E-state index contributed by atoms with van der Waals surface area (Å²) in [5, 5.41) is 12.2. The molecule has 1 aliphatic carbocycles. The van der Waals surface area contributed by atoms with Gasteiger partial charge in [-0.3, -0.25) is 4.79 Å². The first-order valence-corrected chi connectivity index (χ1v) is 9.92. The zero-order valence-corrected chi connectivity index (χ0v) is 17.3. The van der Waals surface area contributed by atoms with Crippen molar-refractivity contribution in [2.24, 2.45) is 5.92 Å². The van der Waals surface area contributed by atoms with E-state index in [-0.39, 0.29) is 24.2 Å². The van der Waals surface area contributed by atoms with Crippen molar-refractivity contribution in [3.05, 3.63) is 60.0 Å². The second kappa shape index (κ2) is 8.93. The number of rotatable bonds is 8. The molecule has 8 nitrogen and oxygen atoms in total. The second-order valence-corrected chi connectivity index (χ2v) is 7.42. The summed E-state index contributed by atoms with van der Waals surface area (Å²) in [7, 11) is 1.51. The van der Waals surface area contributed by atoms with Gasteiger partial charge in [-0.25, -0.2) is 15.0 Å². The molecule has 3 aromatic rings. The molecule has 1 fully saturated rings. The summed E-state index contributed by atoms with van der Waals surface area (Å²) in [4.78, 5) is 24.3. The number of carboxylic acid groups (broad SMARTS) is 1. The molecule has 4 rings (SSSR count). The highest BCUT2D eigenvalue weighted by atomic mass is 19.4. The van der Waals surface area contributed by atoms with Crippen molar-refractivity contribution in [2.75, 3.05) is 12.4 Å². The van der Waals surface area contributed by atoms with Gasteiger partial charge in [0.25, 0.3) is 0 Å². The smallest absolute Gasteiger partial charge is 0.495 e. The molecule has 0 amide bonds. The third-order valence-corrected chi connectivity index (χ3v) is 5.09. The molecular formula is C22H19F3N4O4. The van der Waals surface area contributed by atoms with Crippen molar-refractivity contribution in [3.8, 4) is 22.8 Å². The average Bonchev–Trinajstić information content (AvgIpc) is 3.58. The Balaban J connectivity index is 1.44. The standard InChI is InChI=1S/C22H19F3N4O4/c1-32-18-6-5-17(29-19(18)15-8-16(15)20(30)31)13-10-27-21(28-11-13)26-9-12-3-2-4-14(7-12)33-22(23,24)25/h2-7,10-11,15-16H,8-9H2,1H3,(H,30,31)(H,26,27,28)/t15-,16-/m0/s1. The Bertz CT molecular complexity index is 1160. The number of ether oxygens (including phenoxy) is 2. The molecule has 0 radical (unpaired) electrons. The Kier molecular flexibility index (Phi) is 6.03. The zero-order valence-electron chi connectivity index (χ0n) is 17.3. The van der Waals surface area contributed by atoms with Crippen LogP contribution in [0.15, 0.2) is 48.8 Å². The van der Waals surface area contributed by atoms with Crippen molar-refractivity contribution in [3.63, 3.8) is 0 Å². The van der Waals surface area contributed by atoms with Gasteiger partial charge in [-0.05, 0) is 36.2 Å². The molecule has 0 saturated heterocycles. The van der Waals surface area contributed by atoms with Crippen LogP contribution < -0.4 is 14.8 Å². The molecule has 1 saturated carbocycles. The Labute approximate surface area is 186 Å². The lowest BCUT2D eigenvalue weighted by Crippen LogP contribution is -2.17. The third kappa shape index (κ3) is 5.48. The van der Waals surface area contributed by atoms with E-state index in [1.54, 1.807) is 30.6 Å². The van der Waals surface area contributed by atoms with E-state index in [1.165, 1.54) is 25.3 Å². The van der Waals surface area contributed by atoms with Crippen molar-refractivity contribution < 1.29 is 32.5 Å². The highest BCUT2D eigenvalue weighted by molar-refractivity contribution is 5.75. The van der Waals surface area contributed by atoms with Crippen molar-refractivity contribution >= 4 is 11.9 Å². The summed E-state index contributed by atoms with van der Waals surface area (Å²) in [6, 6.07) is 9.08. The number of aliphatic carboxylic acids is 1. The van der Waals surface area contributed by atoms with Gasteiger partial charge in [0.2, 0.25) is 5.95 Å². The number of aromatic nitrogens is 3. The van der Waals surface area contributed by atoms with Gasteiger partial charge in [0.15, 0.2) is 0 Å².